The normalized spacial score (nSPS) is 11.5. The van der Waals surface area contributed by atoms with Gasteiger partial charge in [-0.1, -0.05) is 18.2 Å². The van der Waals surface area contributed by atoms with Crippen molar-refractivity contribution in [2.24, 2.45) is 0 Å². The predicted octanol–water partition coefficient (Wildman–Crippen LogP) is 4.29. The van der Waals surface area contributed by atoms with E-state index in [0.29, 0.717) is 16.3 Å². The SMILES string of the molecule is Cc1cc(C(=O)Nc2ncc(Cc3cccc(C(F)(F)F)c3)s2)ccc1-n1cnnn1. The number of aromatic nitrogens is 5. The largest absolute Gasteiger partial charge is 0.416 e. The maximum atomic E-state index is 12.9. The molecule has 0 saturated heterocycles. The summed E-state index contributed by atoms with van der Waals surface area (Å²) in [6.07, 6.45) is -1.09. The Morgan fingerprint density at radius 3 is 2.74 bits per heavy atom. The third-order valence-corrected chi connectivity index (χ3v) is 5.37. The molecule has 0 bridgehead atoms. The first kappa shape index (κ1) is 20.7. The van der Waals surface area contributed by atoms with E-state index in [1.165, 1.54) is 28.4 Å². The molecule has 0 spiro atoms. The lowest BCUT2D eigenvalue weighted by atomic mass is 10.1. The number of carbonyl (C=O) groups is 1. The highest BCUT2D eigenvalue weighted by atomic mass is 32.1. The van der Waals surface area contributed by atoms with E-state index in [-0.39, 0.29) is 12.3 Å². The van der Waals surface area contributed by atoms with Gasteiger partial charge < -0.3 is 0 Å². The number of nitrogens with zero attached hydrogens (tertiary/aromatic N) is 5. The molecule has 2 heterocycles. The first-order chi connectivity index (χ1) is 14.8. The number of hydrogen-bond donors (Lipinski definition) is 1. The van der Waals surface area contributed by atoms with Gasteiger partial charge in [0.25, 0.3) is 5.91 Å². The minimum absolute atomic E-state index is 0.289. The molecular weight excluding hydrogens is 429 g/mol. The topological polar surface area (TPSA) is 85.6 Å². The van der Waals surface area contributed by atoms with Crippen LogP contribution in [0.25, 0.3) is 5.69 Å². The Kier molecular flexibility index (Phi) is 5.51. The van der Waals surface area contributed by atoms with Crippen molar-refractivity contribution in [2.75, 3.05) is 5.32 Å². The van der Waals surface area contributed by atoms with Gasteiger partial charge in [0.1, 0.15) is 6.33 Å². The average Bonchev–Trinajstić information content (AvgIpc) is 3.40. The molecule has 1 amide bonds. The Bertz CT molecular complexity index is 1220. The Morgan fingerprint density at radius 1 is 1.19 bits per heavy atom. The van der Waals surface area contributed by atoms with E-state index in [1.807, 2.05) is 6.92 Å². The molecule has 0 aliphatic rings. The Balaban J connectivity index is 1.44. The maximum Gasteiger partial charge on any atom is 0.416 e. The summed E-state index contributed by atoms with van der Waals surface area (Å²) in [4.78, 5) is 17.5. The molecule has 7 nitrogen and oxygen atoms in total. The number of amides is 1. The molecule has 0 aliphatic heterocycles. The van der Waals surface area contributed by atoms with Gasteiger partial charge in [-0.15, -0.1) is 16.4 Å². The molecule has 0 aliphatic carbocycles. The van der Waals surface area contributed by atoms with E-state index in [4.69, 9.17) is 0 Å². The van der Waals surface area contributed by atoms with Crippen LogP contribution in [0.1, 0.15) is 31.9 Å². The van der Waals surface area contributed by atoms with Crippen LogP contribution in [0.2, 0.25) is 0 Å². The zero-order valence-corrected chi connectivity index (χ0v) is 16.9. The smallest absolute Gasteiger partial charge is 0.298 e. The molecule has 2 aromatic carbocycles. The fourth-order valence-corrected chi connectivity index (χ4v) is 3.84. The van der Waals surface area contributed by atoms with Crippen LogP contribution in [0.3, 0.4) is 0 Å². The molecule has 4 aromatic rings. The minimum Gasteiger partial charge on any atom is -0.298 e. The fraction of sp³-hybridized carbons (Fsp3) is 0.150. The van der Waals surface area contributed by atoms with Gasteiger partial charge in [0.15, 0.2) is 5.13 Å². The zero-order valence-electron chi connectivity index (χ0n) is 16.1. The van der Waals surface area contributed by atoms with Gasteiger partial charge in [0.05, 0.1) is 11.3 Å². The van der Waals surface area contributed by atoms with Gasteiger partial charge in [-0.3, -0.25) is 10.1 Å². The second-order valence-corrected chi connectivity index (χ2v) is 7.83. The summed E-state index contributed by atoms with van der Waals surface area (Å²) in [6, 6.07) is 10.3. The number of rotatable bonds is 5. The number of carbonyl (C=O) groups excluding carboxylic acids is 1. The molecule has 0 radical (unpaired) electrons. The number of thiazole rings is 1. The number of halogens is 3. The Labute approximate surface area is 178 Å². The van der Waals surface area contributed by atoms with Crippen molar-refractivity contribution < 1.29 is 18.0 Å². The molecule has 2 aromatic heterocycles. The van der Waals surface area contributed by atoms with Crippen LogP contribution in [-0.4, -0.2) is 31.1 Å². The third-order valence-electron chi connectivity index (χ3n) is 4.46. The second-order valence-electron chi connectivity index (χ2n) is 6.72. The summed E-state index contributed by atoms with van der Waals surface area (Å²) in [6.45, 7) is 1.84. The van der Waals surface area contributed by atoms with Crippen LogP contribution in [-0.2, 0) is 12.6 Å². The van der Waals surface area contributed by atoms with Gasteiger partial charge in [-0.2, -0.15) is 13.2 Å². The number of nitrogens with one attached hydrogen (secondary N) is 1. The van der Waals surface area contributed by atoms with Crippen LogP contribution < -0.4 is 5.32 Å². The van der Waals surface area contributed by atoms with E-state index in [0.717, 1.165) is 28.3 Å². The number of aryl methyl sites for hydroxylation is 1. The van der Waals surface area contributed by atoms with Gasteiger partial charge in [0.2, 0.25) is 0 Å². The van der Waals surface area contributed by atoms with E-state index in [2.05, 4.69) is 25.8 Å². The second kappa shape index (κ2) is 8.26. The monoisotopic (exact) mass is 444 g/mol. The summed E-state index contributed by atoms with van der Waals surface area (Å²) in [5.41, 5.74) is 1.82. The molecule has 0 unspecified atom stereocenters. The van der Waals surface area contributed by atoms with Crippen molar-refractivity contribution in [1.82, 2.24) is 25.2 Å². The first-order valence-electron chi connectivity index (χ1n) is 9.06. The number of alkyl halides is 3. The highest BCUT2D eigenvalue weighted by Gasteiger charge is 2.30. The van der Waals surface area contributed by atoms with Crippen molar-refractivity contribution in [3.8, 4) is 5.69 Å². The number of tetrazole rings is 1. The molecule has 0 atom stereocenters. The van der Waals surface area contributed by atoms with Crippen LogP contribution in [0, 0.1) is 6.92 Å². The van der Waals surface area contributed by atoms with Gasteiger partial charge >= 0.3 is 6.18 Å². The lowest BCUT2D eigenvalue weighted by Gasteiger charge is -2.08. The molecule has 4 rings (SSSR count). The number of anilines is 1. The van der Waals surface area contributed by atoms with Crippen molar-refractivity contribution >= 4 is 22.4 Å². The summed E-state index contributed by atoms with van der Waals surface area (Å²) < 4.78 is 40.1. The summed E-state index contributed by atoms with van der Waals surface area (Å²) in [7, 11) is 0. The molecular formula is C20H15F3N6OS. The van der Waals surface area contributed by atoms with Gasteiger partial charge in [-0.25, -0.2) is 9.67 Å². The Morgan fingerprint density at radius 2 is 2.03 bits per heavy atom. The van der Waals surface area contributed by atoms with E-state index >= 15 is 0 Å². The quantitative estimate of drug-likeness (QED) is 0.496. The number of hydrogen-bond acceptors (Lipinski definition) is 6. The first-order valence-corrected chi connectivity index (χ1v) is 9.87. The highest BCUT2D eigenvalue weighted by molar-refractivity contribution is 7.15. The van der Waals surface area contributed by atoms with Crippen LogP contribution in [0.15, 0.2) is 55.0 Å². The summed E-state index contributed by atoms with van der Waals surface area (Å²) in [5.74, 6) is -0.341. The zero-order chi connectivity index (χ0) is 22.0. The molecule has 158 valence electrons. The highest BCUT2D eigenvalue weighted by Crippen LogP contribution is 2.30. The molecule has 31 heavy (non-hydrogen) atoms. The molecule has 11 heteroatoms. The van der Waals surface area contributed by atoms with Crippen molar-refractivity contribution in [3.05, 3.63) is 82.1 Å². The van der Waals surface area contributed by atoms with Gasteiger partial charge in [0, 0.05) is 23.1 Å². The maximum absolute atomic E-state index is 12.9. The molecule has 1 N–H and O–H groups in total. The summed E-state index contributed by atoms with van der Waals surface area (Å²) >= 11 is 1.21. The van der Waals surface area contributed by atoms with Crippen molar-refractivity contribution in [3.63, 3.8) is 0 Å². The van der Waals surface area contributed by atoms with E-state index in [1.54, 1.807) is 30.5 Å². The van der Waals surface area contributed by atoms with Crippen molar-refractivity contribution in [1.29, 1.82) is 0 Å². The Hall–Kier alpha value is -3.60. The molecule has 0 fully saturated rings. The van der Waals surface area contributed by atoms with Crippen LogP contribution in [0.4, 0.5) is 18.3 Å². The van der Waals surface area contributed by atoms with E-state index < -0.39 is 11.7 Å². The van der Waals surface area contributed by atoms with Crippen LogP contribution in [0.5, 0.6) is 0 Å². The average molecular weight is 444 g/mol. The standard InChI is InChI=1S/C20H15F3N6OS/c1-12-7-14(5-6-17(12)29-11-25-27-28-29)18(30)26-19-24-10-16(31-19)9-13-3-2-4-15(8-13)20(21,22)23/h2-8,10-11H,9H2,1H3,(H,24,26,30). The van der Waals surface area contributed by atoms with E-state index in [9.17, 15) is 18.0 Å². The van der Waals surface area contributed by atoms with Gasteiger partial charge in [-0.05, 0) is 52.7 Å². The van der Waals surface area contributed by atoms with Crippen molar-refractivity contribution in [2.45, 2.75) is 19.5 Å². The minimum atomic E-state index is -4.39. The summed E-state index contributed by atoms with van der Waals surface area (Å²) in [5, 5.41) is 14.1. The lowest BCUT2D eigenvalue weighted by molar-refractivity contribution is -0.137. The number of benzene rings is 2. The fourth-order valence-electron chi connectivity index (χ4n) is 3.00. The lowest BCUT2D eigenvalue weighted by Crippen LogP contribution is -2.12. The molecule has 0 saturated carbocycles. The van der Waals surface area contributed by atoms with Crippen LogP contribution >= 0.6 is 11.3 Å². The predicted molar refractivity (Wildman–Crippen MR) is 108 cm³/mol. The third kappa shape index (κ3) is 4.77.